The molecule has 2 N–H and O–H groups in total. The fraction of sp³-hybridized carbons (Fsp3) is 0.375. The lowest BCUT2D eigenvalue weighted by molar-refractivity contribution is 0.499. The van der Waals surface area contributed by atoms with Crippen molar-refractivity contribution in [2.45, 2.75) is 39.3 Å². The highest BCUT2D eigenvalue weighted by molar-refractivity contribution is 5.80. The first-order chi connectivity index (χ1) is 16.4. The van der Waals surface area contributed by atoms with Crippen LogP contribution in [0.5, 0.6) is 0 Å². The standard InChI is InChI=1S/C24H26N8O2/c1-4-11-31-20-21(28-23(31)30-12-7-8-16(25)13-30)29(3)24(34)32(22(20)33)14-19-26-15(2)17-9-5-6-10-18(17)27-19/h5-6,9-10,16H,7-8,12-14,25H2,1-3H3/t16-/m1/s1. The van der Waals surface area contributed by atoms with E-state index in [9.17, 15) is 9.59 Å². The van der Waals surface area contributed by atoms with Crippen LogP contribution in [-0.4, -0.2) is 47.8 Å². The van der Waals surface area contributed by atoms with E-state index in [0.717, 1.165) is 40.6 Å². The first-order valence-corrected chi connectivity index (χ1v) is 11.3. The number of imidazole rings is 1. The molecule has 1 saturated heterocycles. The van der Waals surface area contributed by atoms with Crippen molar-refractivity contribution in [2.75, 3.05) is 18.0 Å². The molecule has 0 unspecified atom stereocenters. The van der Waals surface area contributed by atoms with Gasteiger partial charge < -0.3 is 10.6 Å². The number of anilines is 1. The molecule has 34 heavy (non-hydrogen) atoms. The predicted octanol–water partition coefficient (Wildman–Crippen LogP) is 0.953. The zero-order chi connectivity index (χ0) is 24.0. The van der Waals surface area contributed by atoms with Gasteiger partial charge in [-0.15, -0.1) is 0 Å². The van der Waals surface area contributed by atoms with Gasteiger partial charge in [0.25, 0.3) is 5.56 Å². The molecule has 4 aromatic rings. The summed E-state index contributed by atoms with van der Waals surface area (Å²) in [4.78, 5) is 42.7. The van der Waals surface area contributed by atoms with Crippen LogP contribution in [0.1, 0.15) is 31.3 Å². The van der Waals surface area contributed by atoms with Gasteiger partial charge in [-0.25, -0.2) is 19.3 Å². The number of fused-ring (bicyclic) bond motifs is 2. The van der Waals surface area contributed by atoms with Crippen LogP contribution in [0.25, 0.3) is 22.1 Å². The van der Waals surface area contributed by atoms with E-state index in [2.05, 4.69) is 26.9 Å². The number of piperidine rings is 1. The minimum absolute atomic E-state index is 0.0189. The molecular formula is C24H26N8O2. The van der Waals surface area contributed by atoms with Crippen molar-refractivity contribution >= 4 is 28.0 Å². The summed E-state index contributed by atoms with van der Waals surface area (Å²) in [7, 11) is 1.61. The third kappa shape index (κ3) is 3.54. The Labute approximate surface area is 195 Å². The Balaban J connectivity index is 1.70. The van der Waals surface area contributed by atoms with Crippen molar-refractivity contribution in [3.63, 3.8) is 0 Å². The van der Waals surface area contributed by atoms with E-state index in [1.54, 1.807) is 18.5 Å². The van der Waals surface area contributed by atoms with Crippen LogP contribution in [0.15, 0.2) is 33.9 Å². The van der Waals surface area contributed by atoms with E-state index in [-0.39, 0.29) is 18.1 Å². The Hall–Kier alpha value is -3.97. The maximum absolute atomic E-state index is 13.6. The average Bonchev–Trinajstić information content (AvgIpc) is 3.20. The summed E-state index contributed by atoms with van der Waals surface area (Å²) in [6, 6.07) is 10.7. The zero-order valence-electron chi connectivity index (χ0n) is 19.4. The van der Waals surface area contributed by atoms with Gasteiger partial charge in [0.15, 0.2) is 11.2 Å². The molecule has 1 atom stereocenters. The highest BCUT2D eigenvalue weighted by atomic mass is 16.2. The SMILES string of the molecule is CC#Cn1c(N2CCC[C@@H](N)C2)nc2c1c(=O)n(Cc1nc(C)c3ccccc3n1)c(=O)n2C. The normalized spacial score (nSPS) is 16.1. The Morgan fingerprint density at radius 1 is 1.18 bits per heavy atom. The Bertz CT molecular complexity index is 1600. The Morgan fingerprint density at radius 2 is 1.97 bits per heavy atom. The lowest BCUT2D eigenvalue weighted by Gasteiger charge is -2.31. The second kappa shape index (κ2) is 8.43. The molecule has 0 aliphatic carbocycles. The molecule has 0 saturated carbocycles. The van der Waals surface area contributed by atoms with Crippen LogP contribution in [0.3, 0.4) is 0 Å². The van der Waals surface area contributed by atoms with Crippen LogP contribution in [-0.2, 0) is 13.6 Å². The number of hydrogen-bond donors (Lipinski definition) is 1. The second-order valence-electron chi connectivity index (χ2n) is 8.60. The molecule has 0 amide bonds. The maximum Gasteiger partial charge on any atom is 0.332 e. The minimum atomic E-state index is -0.483. The van der Waals surface area contributed by atoms with Gasteiger partial charge in [0.1, 0.15) is 5.82 Å². The monoisotopic (exact) mass is 458 g/mol. The van der Waals surface area contributed by atoms with E-state index in [4.69, 9.17) is 5.73 Å². The first kappa shape index (κ1) is 21.9. The van der Waals surface area contributed by atoms with Crippen LogP contribution in [0, 0.1) is 18.9 Å². The summed E-state index contributed by atoms with van der Waals surface area (Å²) in [5.41, 5.74) is 7.31. The summed E-state index contributed by atoms with van der Waals surface area (Å²) >= 11 is 0. The van der Waals surface area contributed by atoms with Gasteiger partial charge >= 0.3 is 5.69 Å². The number of nitrogens with zero attached hydrogens (tertiary/aromatic N) is 7. The molecule has 4 heterocycles. The smallest absolute Gasteiger partial charge is 0.332 e. The minimum Gasteiger partial charge on any atom is -0.340 e. The van der Waals surface area contributed by atoms with Gasteiger partial charge in [0.05, 0.1) is 12.1 Å². The summed E-state index contributed by atoms with van der Waals surface area (Å²) < 4.78 is 4.11. The highest BCUT2D eigenvalue weighted by Gasteiger charge is 2.26. The summed E-state index contributed by atoms with van der Waals surface area (Å²) in [6.07, 6.45) is 1.86. The van der Waals surface area contributed by atoms with E-state index < -0.39 is 11.2 Å². The van der Waals surface area contributed by atoms with Crippen LogP contribution in [0.4, 0.5) is 5.95 Å². The molecule has 0 spiro atoms. The number of aryl methyl sites for hydroxylation is 2. The summed E-state index contributed by atoms with van der Waals surface area (Å²) in [5, 5.41) is 0.933. The van der Waals surface area contributed by atoms with E-state index >= 15 is 0 Å². The third-order valence-electron chi connectivity index (χ3n) is 6.23. The van der Waals surface area contributed by atoms with Gasteiger partial charge in [-0.3, -0.25) is 13.9 Å². The van der Waals surface area contributed by atoms with Crippen LogP contribution < -0.4 is 21.9 Å². The molecule has 3 aromatic heterocycles. The molecule has 10 heteroatoms. The fourth-order valence-corrected chi connectivity index (χ4v) is 4.58. The maximum atomic E-state index is 13.6. The van der Waals surface area contributed by atoms with Crippen molar-refractivity contribution in [3.8, 4) is 12.0 Å². The Kier molecular flexibility index (Phi) is 5.42. The molecule has 0 radical (unpaired) electrons. The van der Waals surface area contributed by atoms with E-state index in [1.165, 1.54) is 4.57 Å². The quantitative estimate of drug-likeness (QED) is 0.454. The van der Waals surface area contributed by atoms with Crippen molar-refractivity contribution in [2.24, 2.45) is 12.8 Å². The average molecular weight is 459 g/mol. The topological polar surface area (TPSA) is 117 Å². The molecule has 5 rings (SSSR count). The molecule has 1 aromatic carbocycles. The number of benzene rings is 1. The summed E-state index contributed by atoms with van der Waals surface area (Å²) in [5.74, 6) is 3.79. The molecule has 1 aliphatic heterocycles. The van der Waals surface area contributed by atoms with Crippen molar-refractivity contribution in [1.82, 2.24) is 28.7 Å². The van der Waals surface area contributed by atoms with Crippen LogP contribution >= 0.6 is 0 Å². The molecule has 1 aliphatic rings. The van der Waals surface area contributed by atoms with Crippen molar-refractivity contribution in [1.29, 1.82) is 0 Å². The molecule has 1 fully saturated rings. The van der Waals surface area contributed by atoms with Crippen molar-refractivity contribution in [3.05, 3.63) is 56.6 Å². The highest BCUT2D eigenvalue weighted by Crippen LogP contribution is 2.22. The largest absolute Gasteiger partial charge is 0.340 e. The Morgan fingerprint density at radius 3 is 2.74 bits per heavy atom. The molecular weight excluding hydrogens is 432 g/mol. The molecule has 174 valence electrons. The van der Waals surface area contributed by atoms with E-state index in [0.29, 0.717) is 24.0 Å². The number of rotatable bonds is 3. The third-order valence-corrected chi connectivity index (χ3v) is 6.23. The first-order valence-electron chi connectivity index (χ1n) is 11.3. The van der Waals surface area contributed by atoms with E-state index in [1.807, 2.05) is 36.1 Å². The number of hydrogen-bond acceptors (Lipinski definition) is 7. The number of nitrogens with two attached hydrogens (primary N) is 1. The summed E-state index contributed by atoms with van der Waals surface area (Å²) in [6.45, 7) is 4.90. The number of aromatic nitrogens is 6. The van der Waals surface area contributed by atoms with Crippen molar-refractivity contribution < 1.29 is 0 Å². The predicted molar refractivity (Wildman–Crippen MR) is 131 cm³/mol. The fourth-order valence-electron chi connectivity index (χ4n) is 4.58. The number of para-hydroxylation sites is 1. The van der Waals surface area contributed by atoms with Crippen LogP contribution in [0.2, 0.25) is 0 Å². The molecule has 0 bridgehead atoms. The van der Waals surface area contributed by atoms with Gasteiger partial charge in [-0.05, 0) is 32.8 Å². The lowest BCUT2D eigenvalue weighted by atomic mass is 10.1. The molecule has 10 nitrogen and oxygen atoms in total. The second-order valence-corrected chi connectivity index (χ2v) is 8.60. The van der Waals surface area contributed by atoms with Gasteiger partial charge in [-0.2, -0.15) is 4.98 Å². The van der Waals surface area contributed by atoms with Gasteiger partial charge in [-0.1, -0.05) is 24.1 Å². The van der Waals surface area contributed by atoms with Gasteiger partial charge in [0, 0.05) is 43.3 Å². The lowest BCUT2D eigenvalue weighted by Crippen LogP contribution is -2.43. The van der Waals surface area contributed by atoms with Gasteiger partial charge in [0.2, 0.25) is 5.95 Å². The zero-order valence-corrected chi connectivity index (χ0v) is 19.4.